The van der Waals surface area contributed by atoms with E-state index in [-0.39, 0.29) is 22.9 Å². The van der Waals surface area contributed by atoms with Crippen LogP contribution in [0.4, 0.5) is 8.78 Å². The standard InChI is InChI=1S/C22H17ClF2N2O3/c23-16-4-1-5-17(24)22(16)19(28)13-27-21(29)9-7-14-6-8-20(18(25)11-14)30-15-3-2-10-26-12-15/h1-12,19,28H,13H2,(H,27,29)/b9-7+. The van der Waals surface area contributed by atoms with Crippen LogP contribution in [0.5, 0.6) is 11.5 Å². The van der Waals surface area contributed by atoms with Crippen LogP contribution in [0.2, 0.25) is 5.02 Å². The molecule has 3 rings (SSSR count). The number of aliphatic hydroxyl groups is 1. The van der Waals surface area contributed by atoms with Crippen molar-refractivity contribution in [3.05, 3.63) is 94.8 Å². The summed E-state index contributed by atoms with van der Waals surface area (Å²) in [6.45, 7) is -0.240. The summed E-state index contributed by atoms with van der Waals surface area (Å²) in [6, 6.07) is 11.6. The SMILES string of the molecule is O=C(/C=C/c1ccc(Oc2cccnc2)c(F)c1)NCC(O)c1c(F)cccc1Cl. The molecule has 0 aliphatic carbocycles. The summed E-state index contributed by atoms with van der Waals surface area (Å²) in [7, 11) is 0. The smallest absolute Gasteiger partial charge is 0.244 e. The molecule has 30 heavy (non-hydrogen) atoms. The lowest BCUT2D eigenvalue weighted by Crippen LogP contribution is -2.27. The number of nitrogens with one attached hydrogen (secondary N) is 1. The minimum Gasteiger partial charge on any atom is -0.453 e. The highest BCUT2D eigenvalue weighted by molar-refractivity contribution is 6.31. The highest BCUT2D eigenvalue weighted by Gasteiger charge is 2.16. The van der Waals surface area contributed by atoms with E-state index in [1.165, 1.54) is 48.7 Å². The number of hydrogen-bond acceptors (Lipinski definition) is 4. The van der Waals surface area contributed by atoms with Gasteiger partial charge in [0.25, 0.3) is 0 Å². The molecule has 2 aromatic carbocycles. The maximum atomic E-state index is 14.2. The van der Waals surface area contributed by atoms with E-state index in [0.717, 1.165) is 0 Å². The van der Waals surface area contributed by atoms with Crippen LogP contribution in [-0.2, 0) is 4.79 Å². The van der Waals surface area contributed by atoms with E-state index in [4.69, 9.17) is 16.3 Å². The van der Waals surface area contributed by atoms with Gasteiger partial charge in [-0.15, -0.1) is 0 Å². The van der Waals surface area contributed by atoms with Gasteiger partial charge in [-0.25, -0.2) is 8.78 Å². The summed E-state index contributed by atoms with van der Waals surface area (Å²) < 4.78 is 33.4. The summed E-state index contributed by atoms with van der Waals surface area (Å²) >= 11 is 5.88. The van der Waals surface area contributed by atoms with Crippen LogP contribution in [0.1, 0.15) is 17.2 Å². The van der Waals surface area contributed by atoms with Crippen molar-refractivity contribution >= 4 is 23.6 Å². The number of rotatable bonds is 7. The van der Waals surface area contributed by atoms with Crippen LogP contribution in [0.3, 0.4) is 0 Å². The van der Waals surface area contributed by atoms with E-state index >= 15 is 0 Å². The Balaban J connectivity index is 1.57. The second kappa shape index (κ2) is 9.96. The largest absolute Gasteiger partial charge is 0.453 e. The van der Waals surface area contributed by atoms with Crippen LogP contribution in [0, 0.1) is 11.6 Å². The van der Waals surface area contributed by atoms with Gasteiger partial charge in [-0.05, 0) is 48.0 Å². The molecular weight excluding hydrogens is 414 g/mol. The molecule has 0 saturated heterocycles. The molecule has 154 valence electrons. The second-order valence-electron chi connectivity index (χ2n) is 6.21. The number of ether oxygens (including phenoxy) is 1. The average Bonchev–Trinajstić information content (AvgIpc) is 2.73. The van der Waals surface area contributed by atoms with Crippen molar-refractivity contribution in [2.75, 3.05) is 6.54 Å². The Morgan fingerprint density at radius 1 is 1.20 bits per heavy atom. The first-order chi connectivity index (χ1) is 14.4. The van der Waals surface area contributed by atoms with Gasteiger partial charge < -0.3 is 15.2 Å². The van der Waals surface area contributed by atoms with Crippen molar-refractivity contribution in [1.82, 2.24) is 10.3 Å². The molecule has 2 N–H and O–H groups in total. The van der Waals surface area contributed by atoms with E-state index in [1.807, 2.05) is 0 Å². The van der Waals surface area contributed by atoms with Gasteiger partial charge in [0, 0.05) is 29.4 Å². The first-order valence-corrected chi connectivity index (χ1v) is 9.27. The molecule has 0 aliphatic rings. The molecule has 1 atom stereocenters. The summed E-state index contributed by atoms with van der Waals surface area (Å²) in [5, 5.41) is 12.6. The van der Waals surface area contributed by atoms with Crippen LogP contribution in [0.15, 0.2) is 67.0 Å². The predicted octanol–water partition coefficient (Wildman–Crippen LogP) is 4.67. The second-order valence-corrected chi connectivity index (χ2v) is 6.62. The van der Waals surface area contributed by atoms with Crippen LogP contribution < -0.4 is 10.1 Å². The number of nitrogens with zero attached hydrogens (tertiary/aromatic N) is 1. The number of carbonyl (C=O) groups is 1. The van der Waals surface area contributed by atoms with Gasteiger partial charge in [-0.1, -0.05) is 23.7 Å². The molecule has 0 aliphatic heterocycles. The fraction of sp³-hybridized carbons (Fsp3) is 0.0909. The zero-order valence-electron chi connectivity index (χ0n) is 15.6. The van der Waals surface area contributed by atoms with Gasteiger partial charge in [0.2, 0.25) is 5.91 Å². The third kappa shape index (κ3) is 5.62. The first-order valence-electron chi connectivity index (χ1n) is 8.89. The molecule has 0 bridgehead atoms. The maximum absolute atomic E-state index is 14.2. The molecule has 1 amide bonds. The van der Waals surface area contributed by atoms with Gasteiger partial charge in [0.05, 0.1) is 6.20 Å². The topological polar surface area (TPSA) is 71.5 Å². The molecule has 5 nitrogen and oxygen atoms in total. The fourth-order valence-corrected chi connectivity index (χ4v) is 2.89. The van der Waals surface area contributed by atoms with Gasteiger partial charge in [-0.3, -0.25) is 9.78 Å². The lowest BCUT2D eigenvalue weighted by atomic mass is 10.1. The molecular formula is C22H17ClF2N2O3. The number of aromatic nitrogens is 1. The fourth-order valence-electron chi connectivity index (χ4n) is 2.60. The van der Waals surface area contributed by atoms with E-state index in [9.17, 15) is 18.7 Å². The maximum Gasteiger partial charge on any atom is 0.244 e. The summed E-state index contributed by atoms with van der Waals surface area (Å²) in [5.41, 5.74) is 0.341. The molecule has 8 heteroatoms. The third-order valence-electron chi connectivity index (χ3n) is 4.05. The Hall–Kier alpha value is -3.29. The van der Waals surface area contributed by atoms with Crippen molar-refractivity contribution in [2.24, 2.45) is 0 Å². The minimum absolute atomic E-state index is 0.0227. The van der Waals surface area contributed by atoms with Gasteiger partial charge in [0.1, 0.15) is 17.7 Å². The van der Waals surface area contributed by atoms with Gasteiger partial charge in [0.15, 0.2) is 11.6 Å². The third-order valence-corrected chi connectivity index (χ3v) is 4.38. The Bertz CT molecular complexity index is 1040. The first kappa shape index (κ1) is 21.4. The van der Waals surface area contributed by atoms with Crippen molar-refractivity contribution in [1.29, 1.82) is 0 Å². The molecule has 1 unspecified atom stereocenters. The molecule has 0 fully saturated rings. The molecule has 1 aromatic heterocycles. The average molecular weight is 431 g/mol. The summed E-state index contributed by atoms with van der Waals surface area (Å²) in [4.78, 5) is 15.8. The van der Waals surface area contributed by atoms with Crippen LogP contribution >= 0.6 is 11.6 Å². The van der Waals surface area contributed by atoms with Crippen molar-refractivity contribution in [3.63, 3.8) is 0 Å². The molecule has 0 radical (unpaired) electrons. The Labute approximate surface area is 176 Å². The van der Waals surface area contributed by atoms with Gasteiger partial charge >= 0.3 is 0 Å². The summed E-state index contributed by atoms with van der Waals surface area (Å²) in [6.07, 6.45) is 4.30. The number of carbonyl (C=O) groups excluding carboxylic acids is 1. The van der Waals surface area contributed by atoms with Gasteiger partial charge in [-0.2, -0.15) is 0 Å². The Morgan fingerprint density at radius 2 is 2.03 bits per heavy atom. The minimum atomic E-state index is -1.31. The Kier molecular flexibility index (Phi) is 7.11. The van der Waals surface area contributed by atoms with E-state index < -0.39 is 23.6 Å². The predicted molar refractivity (Wildman–Crippen MR) is 109 cm³/mol. The van der Waals surface area contributed by atoms with E-state index in [2.05, 4.69) is 10.3 Å². The zero-order chi connectivity index (χ0) is 21.5. The van der Waals surface area contributed by atoms with Crippen LogP contribution in [-0.4, -0.2) is 22.5 Å². The lowest BCUT2D eigenvalue weighted by molar-refractivity contribution is -0.116. The zero-order valence-corrected chi connectivity index (χ0v) is 16.3. The van der Waals surface area contributed by atoms with Crippen molar-refractivity contribution < 1.29 is 23.4 Å². The number of aliphatic hydroxyl groups excluding tert-OH is 1. The Morgan fingerprint density at radius 3 is 2.73 bits per heavy atom. The van der Waals surface area contributed by atoms with E-state index in [0.29, 0.717) is 11.3 Å². The van der Waals surface area contributed by atoms with E-state index in [1.54, 1.807) is 24.4 Å². The van der Waals surface area contributed by atoms with Crippen molar-refractivity contribution in [3.8, 4) is 11.5 Å². The number of halogens is 3. The normalized spacial score (nSPS) is 12.0. The molecule has 1 heterocycles. The van der Waals surface area contributed by atoms with Crippen molar-refractivity contribution in [2.45, 2.75) is 6.10 Å². The number of hydrogen-bond donors (Lipinski definition) is 2. The number of amides is 1. The highest BCUT2D eigenvalue weighted by atomic mass is 35.5. The summed E-state index contributed by atoms with van der Waals surface area (Å²) in [5.74, 6) is -1.39. The quantitative estimate of drug-likeness (QED) is 0.534. The number of benzene rings is 2. The highest BCUT2D eigenvalue weighted by Crippen LogP contribution is 2.26. The monoisotopic (exact) mass is 430 g/mol. The molecule has 0 saturated carbocycles. The molecule has 3 aromatic rings. The molecule has 0 spiro atoms. The number of pyridine rings is 1. The lowest BCUT2D eigenvalue weighted by Gasteiger charge is -2.13. The van der Waals surface area contributed by atoms with Crippen LogP contribution in [0.25, 0.3) is 6.08 Å².